The molecule has 1 fully saturated rings. The Labute approximate surface area is 167 Å². The molecule has 0 spiro atoms. The number of nitrogens with zero attached hydrogens (tertiary/aromatic N) is 3. The summed E-state index contributed by atoms with van der Waals surface area (Å²) >= 11 is 0. The molecule has 0 aromatic heterocycles. The molecule has 29 heavy (non-hydrogen) atoms. The maximum Gasteiger partial charge on any atom is 0.303 e. The SMILES string of the molecule is CC(=O)N[C@H]1[C@H](OCCOCCN=[N+]=[N-])O[C@H](COC(C)=O)[C@H](OC(C)=O)[C@@H]1O. The molecule has 0 aliphatic carbocycles. The first-order valence-corrected chi connectivity index (χ1v) is 8.87. The minimum atomic E-state index is -1.38. The highest BCUT2D eigenvalue weighted by Gasteiger charge is 2.48. The minimum absolute atomic E-state index is 0.0300. The van der Waals surface area contributed by atoms with E-state index in [0.29, 0.717) is 0 Å². The average molecular weight is 418 g/mol. The van der Waals surface area contributed by atoms with Gasteiger partial charge < -0.3 is 34.1 Å². The molecular weight excluding hydrogens is 392 g/mol. The van der Waals surface area contributed by atoms with E-state index in [1.54, 1.807) is 0 Å². The van der Waals surface area contributed by atoms with Crippen molar-refractivity contribution in [3.63, 3.8) is 0 Å². The van der Waals surface area contributed by atoms with Crippen molar-refractivity contribution >= 4 is 17.8 Å². The third-order valence-corrected chi connectivity index (χ3v) is 3.70. The van der Waals surface area contributed by atoms with Crippen LogP contribution >= 0.6 is 0 Å². The normalized spacial score (nSPS) is 26.1. The second-order valence-corrected chi connectivity index (χ2v) is 6.07. The topological polar surface area (TPSA) is 178 Å². The Bertz CT molecular complexity index is 609. The predicted molar refractivity (Wildman–Crippen MR) is 95.2 cm³/mol. The van der Waals surface area contributed by atoms with Crippen molar-refractivity contribution in [2.75, 3.05) is 33.0 Å². The molecule has 0 aromatic carbocycles. The Kier molecular flexibility index (Phi) is 10.9. The van der Waals surface area contributed by atoms with Crippen LogP contribution in [0, 0.1) is 0 Å². The second-order valence-electron chi connectivity index (χ2n) is 6.07. The van der Waals surface area contributed by atoms with Crippen molar-refractivity contribution < 1.29 is 43.2 Å². The summed E-state index contributed by atoms with van der Waals surface area (Å²) in [4.78, 5) is 36.7. The highest BCUT2D eigenvalue weighted by atomic mass is 16.7. The van der Waals surface area contributed by atoms with Gasteiger partial charge in [-0.2, -0.15) is 0 Å². The lowest BCUT2D eigenvalue weighted by Crippen LogP contribution is -2.65. The van der Waals surface area contributed by atoms with Crippen LogP contribution < -0.4 is 5.32 Å². The van der Waals surface area contributed by atoms with Gasteiger partial charge in [0.2, 0.25) is 5.91 Å². The van der Waals surface area contributed by atoms with Gasteiger partial charge >= 0.3 is 11.9 Å². The van der Waals surface area contributed by atoms with Crippen molar-refractivity contribution in [2.24, 2.45) is 5.11 Å². The highest BCUT2D eigenvalue weighted by molar-refractivity contribution is 5.73. The van der Waals surface area contributed by atoms with Gasteiger partial charge in [0.05, 0.1) is 19.8 Å². The summed E-state index contributed by atoms with van der Waals surface area (Å²) in [5.74, 6) is -1.73. The zero-order chi connectivity index (χ0) is 21.8. The smallest absolute Gasteiger partial charge is 0.303 e. The van der Waals surface area contributed by atoms with Gasteiger partial charge in [0.15, 0.2) is 12.4 Å². The van der Waals surface area contributed by atoms with Gasteiger partial charge in [0.1, 0.15) is 24.9 Å². The third kappa shape index (κ3) is 9.07. The number of ether oxygens (including phenoxy) is 5. The number of azide groups is 1. The van der Waals surface area contributed by atoms with E-state index in [0.717, 1.165) is 6.92 Å². The molecule has 0 radical (unpaired) electrons. The summed E-state index contributed by atoms with van der Waals surface area (Å²) in [6, 6.07) is -1.05. The zero-order valence-electron chi connectivity index (χ0n) is 16.5. The van der Waals surface area contributed by atoms with E-state index < -0.39 is 48.5 Å². The first-order chi connectivity index (χ1) is 13.8. The molecule has 5 atom stereocenters. The number of carbonyl (C=O) groups is 3. The largest absolute Gasteiger partial charge is 0.463 e. The lowest BCUT2D eigenvalue weighted by atomic mass is 9.96. The average Bonchev–Trinajstić information content (AvgIpc) is 2.63. The molecule has 164 valence electrons. The van der Waals surface area contributed by atoms with Gasteiger partial charge in [0, 0.05) is 32.2 Å². The number of hydrogen-bond acceptors (Lipinski definition) is 10. The molecule has 0 aromatic rings. The van der Waals surface area contributed by atoms with Gasteiger partial charge in [-0.15, -0.1) is 0 Å². The van der Waals surface area contributed by atoms with E-state index in [2.05, 4.69) is 15.3 Å². The number of esters is 2. The van der Waals surface area contributed by atoms with E-state index in [9.17, 15) is 19.5 Å². The number of aliphatic hydroxyl groups is 1. The van der Waals surface area contributed by atoms with Crippen molar-refractivity contribution in [3.05, 3.63) is 10.4 Å². The van der Waals surface area contributed by atoms with Gasteiger partial charge in [-0.3, -0.25) is 14.4 Å². The molecular formula is C16H26N4O9. The van der Waals surface area contributed by atoms with Crippen molar-refractivity contribution in [2.45, 2.75) is 51.4 Å². The Balaban J connectivity index is 2.80. The molecule has 1 saturated heterocycles. The Morgan fingerprint density at radius 3 is 2.48 bits per heavy atom. The van der Waals surface area contributed by atoms with Crippen LogP contribution in [0.15, 0.2) is 5.11 Å². The number of nitrogens with one attached hydrogen (secondary N) is 1. The number of rotatable bonds is 11. The van der Waals surface area contributed by atoms with E-state index in [-0.39, 0.29) is 33.0 Å². The molecule has 1 aliphatic heterocycles. The van der Waals surface area contributed by atoms with E-state index in [4.69, 9.17) is 29.2 Å². The van der Waals surface area contributed by atoms with Crippen molar-refractivity contribution in [3.8, 4) is 0 Å². The summed E-state index contributed by atoms with van der Waals surface area (Å²) in [6.07, 6.45) is -4.71. The highest BCUT2D eigenvalue weighted by Crippen LogP contribution is 2.25. The van der Waals surface area contributed by atoms with E-state index in [1.165, 1.54) is 13.8 Å². The van der Waals surface area contributed by atoms with Crippen molar-refractivity contribution in [1.29, 1.82) is 0 Å². The van der Waals surface area contributed by atoms with Crippen LogP contribution in [0.25, 0.3) is 10.4 Å². The Morgan fingerprint density at radius 2 is 1.90 bits per heavy atom. The van der Waals surface area contributed by atoms with Crippen LogP contribution in [0.5, 0.6) is 0 Å². The predicted octanol–water partition coefficient (Wildman–Crippen LogP) is -0.585. The quantitative estimate of drug-likeness (QED) is 0.146. The molecule has 0 saturated carbocycles. The van der Waals surface area contributed by atoms with Crippen LogP contribution in [0.4, 0.5) is 0 Å². The van der Waals surface area contributed by atoms with Crippen LogP contribution in [-0.2, 0) is 38.1 Å². The second kappa shape index (κ2) is 12.9. The summed E-state index contributed by atoms with van der Waals surface area (Å²) in [6.45, 7) is 3.82. The minimum Gasteiger partial charge on any atom is -0.463 e. The van der Waals surface area contributed by atoms with Crippen molar-refractivity contribution in [1.82, 2.24) is 5.32 Å². The molecule has 0 bridgehead atoms. The molecule has 1 rings (SSSR count). The first-order valence-electron chi connectivity index (χ1n) is 8.87. The number of hydrogen-bond donors (Lipinski definition) is 2. The molecule has 1 aliphatic rings. The fourth-order valence-corrected chi connectivity index (χ4v) is 2.60. The van der Waals surface area contributed by atoms with Crippen LogP contribution in [0.1, 0.15) is 20.8 Å². The standard InChI is InChI=1S/C16H26N4O9/c1-9(21)19-13-14(24)15(28-11(3)23)12(8-27-10(2)22)29-16(13)26-7-6-25-5-4-18-20-17/h12-16,24H,4-8H2,1-3H3,(H,19,21)/t12-,13-,14-,15+,16-/m1/s1. The number of aliphatic hydroxyl groups excluding tert-OH is 1. The fraction of sp³-hybridized carbons (Fsp3) is 0.812. The Morgan fingerprint density at radius 1 is 1.17 bits per heavy atom. The van der Waals surface area contributed by atoms with Gasteiger partial charge in [0.25, 0.3) is 0 Å². The molecule has 13 heteroatoms. The van der Waals surface area contributed by atoms with Gasteiger partial charge in [-0.05, 0) is 5.53 Å². The van der Waals surface area contributed by atoms with Gasteiger partial charge in [-0.1, -0.05) is 5.11 Å². The van der Waals surface area contributed by atoms with Crippen LogP contribution in [-0.4, -0.2) is 86.6 Å². The molecule has 2 N–H and O–H groups in total. The monoisotopic (exact) mass is 418 g/mol. The fourth-order valence-electron chi connectivity index (χ4n) is 2.60. The lowest BCUT2D eigenvalue weighted by molar-refractivity contribution is -0.276. The zero-order valence-corrected chi connectivity index (χ0v) is 16.5. The van der Waals surface area contributed by atoms with Crippen LogP contribution in [0.2, 0.25) is 0 Å². The first kappa shape index (κ1) is 24.6. The molecule has 13 nitrogen and oxygen atoms in total. The lowest BCUT2D eigenvalue weighted by Gasteiger charge is -2.43. The summed E-state index contributed by atoms with van der Waals surface area (Å²) in [5, 5.41) is 16.5. The third-order valence-electron chi connectivity index (χ3n) is 3.70. The van der Waals surface area contributed by atoms with E-state index in [1.807, 2.05) is 0 Å². The van der Waals surface area contributed by atoms with Gasteiger partial charge in [-0.25, -0.2) is 0 Å². The molecule has 0 unspecified atom stereocenters. The van der Waals surface area contributed by atoms with Crippen LogP contribution in [0.3, 0.4) is 0 Å². The summed E-state index contributed by atoms with van der Waals surface area (Å²) in [7, 11) is 0. The maximum absolute atomic E-state index is 11.5. The molecule has 1 heterocycles. The van der Waals surface area contributed by atoms with E-state index >= 15 is 0 Å². The number of amides is 1. The maximum atomic E-state index is 11.5. The Hall–Kier alpha value is -2.44. The summed E-state index contributed by atoms with van der Waals surface area (Å²) < 4.78 is 26.5. The summed E-state index contributed by atoms with van der Waals surface area (Å²) in [5.41, 5.74) is 8.18. The number of carbonyl (C=O) groups excluding carboxylic acids is 3. The molecule has 1 amide bonds.